The molecule has 0 N–H and O–H groups in total. The molecule has 1 nitrogen and oxygen atoms in total. The Hall–Kier alpha value is -2.23. The van der Waals surface area contributed by atoms with Gasteiger partial charge in [0.1, 0.15) is 11.6 Å². The van der Waals surface area contributed by atoms with Crippen molar-refractivity contribution >= 4 is 0 Å². The molecule has 2 aromatic rings. The minimum absolute atomic E-state index is 0.266. The lowest BCUT2D eigenvalue weighted by Gasteiger charge is -2.07. The summed E-state index contributed by atoms with van der Waals surface area (Å²) < 4.78 is 43.1. The van der Waals surface area contributed by atoms with E-state index in [9.17, 15) is 13.2 Å². The van der Waals surface area contributed by atoms with Gasteiger partial charge in [-0.15, -0.1) is 0 Å². The molecule has 4 heteroatoms. The van der Waals surface area contributed by atoms with Crippen LogP contribution in [0.1, 0.15) is 18.9 Å². The van der Waals surface area contributed by atoms with Gasteiger partial charge in [-0.1, -0.05) is 37.6 Å². The summed E-state index contributed by atoms with van der Waals surface area (Å²) in [6.45, 7) is 2.05. The smallest absolute Gasteiger partial charge is 0.260 e. The van der Waals surface area contributed by atoms with E-state index in [1.807, 2.05) is 13.0 Å². The van der Waals surface area contributed by atoms with E-state index >= 15 is 0 Å². The molecule has 2 aromatic carbocycles. The molecule has 0 atom stereocenters. The highest BCUT2D eigenvalue weighted by Gasteiger charge is 2.06. The minimum atomic E-state index is -2.55. The zero-order chi connectivity index (χ0) is 15.9. The molecular formula is C18H17F3O. The van der Waals surface area contributed by atoms with Crippen LogP contribution in [0.15, 0.2) is 54.8 Å². The molecule has 22 heavy (non-hydrogen) atoms. The van der Waals surface area contributed by atoms with Gasteiger partial charge < -0.3 is 4.74 Å². The molecule has 0 radical (unpaired) electrons. The fourth-order valence-electron chi connectivity index (χ4n) is 2.13. The van der Waals surface area contributed by atoms with E-state index in [0.717, 1.165) is 24.7 Å². The van der Waals surface area contributed by atoms with E-state index < -0.39 is 6.43 Å². The van der Waals surface area contributed by atoms with E-state index in [2.05, 4.69) is 0 Å². The van der Waals surface area contributed by atoms with E-state index in [1.54, 1.807) is 36.4 Å². The first-order chi connectivity index (χ1) is 10.6. The van der Waals surface area contributed by atoms with Crippen LogP contribution < -0.4 is 4.74 Å². The minimum Gasteiger partial charge on any atom is -0.465 e. The fourth-order valence-corrected chi connectivity index (χ4v) is 2.13. The summed E-state index contributed by atoms with van der Waals surface area (Å²) in [5, 5.41) is 0. The van der Waals surface area contributed by atoms with Crippen LogP contribution in [0.25, 0.3) is 11.1 Å². The Morgan fingerprint density at radius 3 is 2.41 bits per heavy atom. The number of aryl methyl sites for hydroxylation is 1. The highest BCUT2D eigenvalue weighted by Crippen LogP contribution is 2.26. The molecule has 0 aliphatic carbocycles. The van der Waals surface area contributed by atoms with Crippen LogP contribution in [0.2, 0.25) is 0 Å². The molecule has 0 aliphatic rings. The normalized spacial score (nSPS) is 11.3. The predicted molar refractivity (Wildman–Crippen MR) is 81.6 cm³/mol. The van der Waals surface area contributed by atoms with Crippen molar-refractivity contribution in [2.75, 3.05) is 0 Å². The summed E-state index contributed by atoms with van der Waals surface area (Å²) in [7, 11) is 0. The number of halogens is 3. The van der Waals surface area contributed by atoms with E-state index in [4.69, 9.17) is 4.74 Å². The fraction of sp³-hybridized carbons (Fsp3) is 0.222. The second kappa shape index (κ2) is 7.69. The summed E-state index contributed by atoms with van der Waals surface area (Å²) in [6, 6.07) is 11.8. The van der Waals surface area contributed by atoms with Gasteiger partial charge in [0.25, 0.3) is 6.43 Å². The molecule has 0 aliphatic heterocycles. The van der Waals surface area contributed by atoms with Crippen molar-refractivity contribution in [3.63, 3.8) is 0 Å². The van der Waals surface area contributed by atoms with Gasteiger partial charge in [0, 0.05) is 11.6 Å². The first-order valence-corrected chi connectivity index (χ1v) is 7.10. The maximum Gasteiger partial charge on any atom is 0.260 e. The van der Waals surface area contributed by atoms with Crippen LogP contribution in [0.4, 0.5) is 13.2 Å². The lowest BCUT2D eigenvalue weighted by Crippen LogP contribution is -1.90. The maximum absolute atomic E-state index is 14.1. The predicted octanol–water partition coefficient (Wildman–Crippen LogP) is 5.60. The van der Waals surface area contributed by atoms with E-state index in [1.165, 1.54) is 0 Å². The molecule has 116 valence electrons. The van der Waals surface area contributed by atoms with Crippen LogP contribution >= 0.6 is 0 Å². The van der Waals surface area contributed by atoms with Crippen molar-refractivity contribution in [3.8, 4) is 16.9 Å². The van der Waals surface area contributed by atoms with Crippen LogP contribution in [0, 0.1) is 5.82 Å². The standard InChI is InChI=1S/C18H17F3O/c1-2-3-13-4-9-16(17(19)12-13)14-5-7-15(8-6-14)22-11-10-18(20)21/h4-12,18H,2-3H2,1H3/b11-10+. The molecule has 0 heterocycles. The van der Waals surface area contributed by atoms with Gasteiger partial charge in [0.15, 0.2) is 0 Å². The van der Waals surface area contributed by atoms with Crippen LogP contribution in [-0.2, 0) is 6.42 Å². The first kappa shape index (κ1) is 16.1. The summed E-state index contributed by atoms with van der Waals surface area (Å²) >= 11 is 0. The van der Waals surface area contributed by atoms with Gasteiger partial charge in [0.2, 0.25) is 0 Å². The molecular weight excluding hydrogens is 289 g/mol. The molecule has 0 saturated carbocycles. The first-order valence-electron chi connectivity index (χ1n) is 7.10. The number of rotatable bonds is 6. The Morgan fingerprint density at radius 1 is 1.09 bits per heavy atom. The van der Waals surface area contributed by atoms with Gasteiger partial charge in [-0.05, 0) is 35.7 Å². The number of allylic oxidation sites excluding steroid dienone is 1. The average Bonchev–Trinajstić information content (AvgIpc) is 2.48. The Bertz CT molecular complexity index is 633. The molecule has 2 rings (SSSR count). The number of hydrogen-bond donors (Lipinski definition) is 0. The Morgan fingerprint density at radius 2 is 1.82 bits per heavy atom. The molecule has 0 aromatic heterocycles. The van der Waals surface area contributed by atoms with Crippen molar-refractivity contribution in [2.45, 2.75) is 26.2 Å². The van der Waals surface area contributed by atoms with Gasteiger partial charge >= 0.3 is 0 Å². The van der Waals surface area contributed by atoms with Crippen molar-refractivity contribution in [1.82, 2.24) is 0 Å². The molecule has 0 fully saturated rings. The Kier molecular flexibility index (Phi) is 5.64. The Balaban J connectivity index is 2.13. The third-order valence-electron chi connectivity index (χ3n) is 3.17. The van der Waals surface area contributed by atoms with Crippen molar-refractivity contribution in [2.24, 2.45) is 0 Å². The second-order valence-electron chi connectivity index (χ2n) is 4.87. The lowest BCUT2D eigenvalue weighted by molar-refractivity contribution is 0.201. The summed E-state index contributed by atoms with van der Waals surface area (Å²) in [5.41, 5.74) is 2.20. The van der Waals surface area contributed by atoms with Gasteiger partial charge in [-0.3, -0.25) is 0 Å². The zero-order valence-electron chi connectivity index (χ0n) is 12.2. The summed E-state index contributed by atoms with van der Waals surface area (Å²) in [5.74, 6) is 0.154. The average molecular weight is 306 g/mol. The van der Waals surface area contributed by atoms with E-state index in [0.29, 0.717) is 23.0 Å². The van der Waals surface area contributed by atoms with Crippen molar-refractivity contribution in [3.05, 3.63) is 66.2 Å². The van der Waals surface area contributed by atoms with Crippen molar-refractivity contribution < 1.29 is 17.9 Å². The molecule has 0 saturated heterocycles. The van der Waals surface area contributed by atoms with Crippen LogP contribution in [-0.4, -0.2) is 6.43 Å². The number of alkyl halides is 2. The largest absolute Gasteiger partial charge is 0.465 e. The maximum atomic E-state index is 14.1. The lowest BCUT2D eigenvalue weighted by atomic mass is 10.0. The summed E-state index contributed by atoms with van der Waals surface area (Å²) in [6.07, 6.45) is 0.868. The monoisotopic (exact) mass is 306 g/mol. The van der Waals surface area contributed by atoms with Crippen molar-refractivity contribution in [1.29, 1.82) is 0 Å². The quantitative estimate of drug-likeness (QED) is 0.631. The zero-order valence-corrected chi connectivity index (χ0v) is 12.2. The SMILES string of the molecule is CCCc1ccc(-c2ccc(O/C=C/C(F)F)cc2)c(F)c1. The Labute approximate surface area is 128 Å². The molecule has 0 unspecified atom stereocenters. The van der Waals surface area contributed by atoms with Crippen LogP contribution in [0.5, 0.6) is 5.75 Å². The van der Waals surface area contributed by atoms with E-state index in [-0.39, 0.29) is 5.82 Å². The number of hydrogen-bond acceptors (Lipinski definition) is 1. The van der Waals surface area contributed by atoms with Gasteiger partial charge in [0.05, 0.1) is 6.26 Å². The highest BCUT2D eigenvalue weighted by atomic mass is 19.3. The molecule has 0 amide bonds. The van der Waals surface area contributed by atoms with Crippen LogP contribution in [0.3, 0.4) is 0 Å². The number of ether oxygens (including phenoxy) is 1. The van der Waals surface area contributed by atoms with Gasteiger partial charge in [-0.25, -0.2) is 13.2 Å². The second-order valence-corrected chi connectivity index (χ2v) is 4.87. The molecule has 0 spiro atoms. The third kappa shape index (κ3) is 4.38. The highest BCUT2D eigenvalue weighted by molar-refractivity contribution is 5.65. The van der Waals surface area contributed by atoms with Gasteiger partial charge in [-0.2, -0.15) is 0 Å². The topological polar surface area (TPSA) is 9.23 Å². The molecule has 0 bridgehead atoms. The third-order valence-corrected chi connectivity index (χ3v) is 3.17. The number of benzene rings is 2. The summed E-state index contributed by atoms with van der Waals surface area (Å²) in [4.78, 5) is 0.